The van der Waals surface area contributed by atoms with Crippen molar-refractivity contribution in [3.63, 3.8) is 0 Å². The summed E-state index contributed by atoms with van der Waals surface area (Å²) in [4.78, 5) is 0. The molecule has 0 amide bonds. The Bertz CT molecular complexity index is 89.4. The smallest absolute Gasteiger partial charge is 0.0823 e. The molecule has 1 saturated carbocycles. The van der Waals surface area contributed by atoms with E-state index in [0.717, 1.165) is 0 Å². The fourth-order valence-electron chi connectivity index (χ4n) is 1.33. The lowest BCUT2D eigenvalue weighted by molar-refractivity contribution is -0.0728. The molecule has 3 nitrogen and oxygen atoms in total. The molecule has 4 atom stereocenters. The third-order valence-corrected chi connectivity index (χ3v) is 2.20. The van der Waals surface area contributed by atoms with Crippen molar-refractivity contribution in [2.75, 3.05) is 0 Å². The van der Waals surface area contributed by atoms with Crippen LogP contribution >= 0.6 is 0 Å². The Labute approximate surface area is 60.3 Å². The molecule has 1 rings (SSSR count). The lowest BCUT2D eigenvalue weighted by Crippen LogP contribution is -2.40. The molecule has 0 saturated heterocycles. The normalized spacial score (nSPS) is 49.2. The van der Waals surface area contributed by atoms with Gasteiger partial charge in [0.1, 0.15) is 0 Å². The molecule has 0 aromatic rings. The van der Waals surface area contributed by atoms with E-state index < -0.39 is 18.3 Å². The second-order valence-corrected chi connectivity index (χ2v) is 3.15. The summed E-state index contributed by atoms with van der Waals surface area (Å²) < 4.78 is 0. The lowest BCUT2D eigenvalue weighted by atomic mass is 9.84. The van der Waals surface area contributed by atoms with Gasteiger partial charge in [-0.1, -0.05) is 6.92 Å². The SMILES string of the molecule is C[C@H]1C[C@H](O)[C@@H](O)C[C@H]1O. The highest BCUT2D eigenvalue weighted by molar-refractivity contribution is 4.82. The van der Waals surface area contributed by atoms with E-state index in [0.29, 0.717) is 12.8 Å². The van der Waals surface area contributed by atoms with E-state index in [-0.39, 0.29) is 5.92 Å². The highest BCUT2D eigenvalue weighted by Gasteiger charge is 2.31. The first kappa shape index (κ1) is 7.98. The fourth-order valence-corrected chi connectivity index (χ4v) is 1.33. The zero-order valence-electron chi connectivity index (χ0n) is 6.07. The van der Waals surface area contributed by atoms with Gasteiger partial charge in [0.15, 0.2) is 0 Å². The molecule has 3 heteroatoms. The molecule has 0 spiro atoms. The maximum Gasteiger partial charge on any atom is 0.0823 e. The van der Waals surface area contributed by atoms with Crippen LogP contribution in [0.3, 0.4) is 0 Å². The highest BCUT2D eigenvalue weighted by atomic mass is 16.3. The number of aliphatic hydroxyl groups is 3. The first-order chi connectivity index (χ1) is 4.61. The van der Waals surface area contributed by atoms with Gasteiger partial charge >= 0.3 is 0 Å². The second-order valence-electron chi connectivity index (χ2n) is 3.15. The van der Waals surface area contributed by atoms with Crippen LogP contribution in [0.4, 0.5) is 0 Å². The monoisotopic (exact) mass is 146 g/mol. The summed E-state index contributed by atoms with van der Waals surface area (Å²) >= 11 is 0. The first-order valence-electron chi connectivity index (χ1n) is 3.65. The maximum atomic E-state index is 9.19. The summed E-state index contributed by atoms with van der Waals surface area (Å²) in [5.74, 6) is 0.110. The molecule has 1 fully saturated rings. The minimum atomic E-state index is -0.730. The van der Waals surface area contributed by atoms with Crippen LogP contribution in [0.1, 0.15) is 19.8 Å². The fraction of sp³-hybridized carbons (Fsp3) is 1.00. The summed E-state index contributed by atoms with van der Waals surface area (Å²) in [7, 11) is 0. The molecule has 3 N–H and O–H groups in total. The van der Waals surface area contributed by atoms with E-state index in [9.17, 15) is 5.11 Å². The molecule has 60 valence electrons. The van der Waals surface area contributed by atoms with Crippen LogP contribution in [0.25, 0.3) is 0 Å². The molecular formula is C7H14O3. The summed E-state index contributed by atoms with van der Waals surface area (Å²) in [6.07, 6.45) is -1.01. The topological polar surface area (TPSA) is 60.7 Å². The van der Waals surface area contributed by atoms with E-state index in [1.54, 1.807) is 0 Å². The average molecular weight is 146 g/mol. The molecule has 1 aliphatic rings. The van der Waals surface area contributed by atoms with Crippen LogP contribution < -0.4 is 0 Å². The van der Waals surface area contributed by atoms with E-state index in [2.05, 4.69) is 0 Å². The van der Waals surface area contributed by atoms with Crippen molar-refractivity contribution in [3.8, 4) is 0 Å². The van der Waals surface area contributed by atoms with Gasteiger partial charge in [0.2, 0.25) is 0 Å². The Morgan fingerprint density at radius 2 is 1.40 bits per heavy atom. The molecule has 0 aromatic heterocycles. The van der Waals surface area contributed by atoms with E-state index in [1.807, 2.05) is 6.92 Å². The summed E-state index contributed by atoms with van der Waals surface area (Å²) in [6.45, 7) is 1.87. The minimum absolute atomic E-state index is 0.110. The maximum absolute atomic E-state index is 9.19. The van der Waals surface area contributed by atoms with E-state index in [1.165, 1.54) is 0 Å². The Morgan fingerprint density at radius 1 is 0.900 bits per heavy atom. The minimum Gasteiger partial charge on any atom is -0.393 e. The zero-order valence-corrected chi connectivity index (χ0v) is 6.07. The Kier molecular flexibility index (Phi) is 2.28. The molecule has 10 heavy (non-hydrogen) atoms. The summed E-state index contributed by atoms with van der Waals surface area (Å²) in [6, 6.07) is 0. The predicted octanol–water partition coefficient (Wildman–Crippen LogP) is -0.501. The van der Waals surface area contributed by atoms with Crippen LogP contribution in [-0.4, -0.2) is 33.6 Å². The van der Waals surface area contributed by atoms with E-state index in [4.69, 9.17) is 10.2 Å². The number of hydrogen-bond acceptors (Lipinski definition) is 3. The zero-order chi connectivity index (χ0) is 7.72. The second kappa shape index (κ2) is 2.86. The van der Waals surface area contributed by atoms with Gasteiger partial charge in [0, 0.05) is 6.42 Å². The van der Waals surface area contributed by atoms with Gasteiger partial charge in [-0.05, 0) is 12.3 Å². The third-order valence-electron chi connectivity index (χ3n) is 2.20. The van der Waals surface area contributed by atoms with Crippen LogP contribution in [0.2, 0.25) is 0 Å². The van der Waals surface area contributed by atoms with Crippen LogP contribution in [0.15, 0.2) is 0 Å². The number of aliphatic hydroxyl groups excluding tert-OH is 3. The molecular weight excluding hydrogens is 132 g/mol. The van der Waals surface area contributed by atoms with Crippen molar-refractivity contribution >= 4 is 0 Å². The molecule has 1 aliphatic carbocycles. The predicted molar refractivity (Wildman–Crippen MR) is 36.4 cm³/mol. The van der Waals surface area contributed by atoms with Crippen molar-refractivity contribution in [1.29, 1.82) is 0 Å². The average Bonchev–Trinajstić information content (AvgIpc) is 1.84. The standard InChI is InChI=1S/C7H14O3/c1-4-2-6(9)7(10)3-5(4)8/h4-10H,2-3H2,1H3/t4-,5+,6-,7-/m0/s1. The van der Waals surface area contributed by atoms with Crippen molar-refractivity contribution in [1.82, 2.24) is 0 Å². The molecule has 0 heterocycles. The van der Waals surface area contributed by atoms with Gasteiger partial charge in [0.05, 0.1) is 18.3 Å². The molecule has 0 bridgehead atoms. The van der Waals surface area contributed by atoms with Gasteiger partial charge < -0.3 is 15.3 Å². The highest BCUT2D eigenvalue weighted by Crippen LogP contribution is 2.24. The molecule has 0 aromatic carbocycles. The van der Waals surface area contributed by atoms with Crippen LogP contribution in [-0.2, 0) is 0 Å². The van der Waals surface area contributed by atoms with Gasteiger partial charge in [-0.25, -0.2) is 0 Å². The van der Waals surface area contributed by atoms with Crippen molar-refractivity contribution in [3.05, 3.63) is 0 Å². The van der Waals surface area contributed by atoms with Crippen molar-refractivity contribution in [2.45, 2.75) is 38.1 Å². The summed E-state index contributed by atoms with van der Waals surface area (Å²) in [5, 5.41) is 27.4. The number of hydrogen-bond donors (Lipinski definition) is 3. The molecule has 0 radical (unpaired) electrons. The quantitative estimate of drug-likeness (QED) is 0.431. The van der Waals surface area contributed by atoms with Crippen LogP contribution in [0.5, 0.6) is 0 Å². The van der Waals surface area contributed by atoms with Gasteiger partial charge in [-0.15, -0.1) is 0 Å². The first-order valence-corrected chi connectivity index (χ1v) is 3.65. The Morgan fingerprint density at radius 3 is 1.90 bits per heavy atom. The van der Waals surface area contributed by atoms with Crippen LogP contribution in [0, 0.1) is 5.92 Å². The van der Waals surface area contributed by atoms with Gasteiger partial charge in [-0.3, -0.25) is 0 Å². The Balaban J connectivity index is 2.46. The summed E-state index contributed by atoms with van der Waals surface area (Å²) in [5.41, 5.74) is 0. The van der Waals surface area contributed by atoms with Crippen molar-refractivity contribution in [2.24, 2.45) is 5.92 Å². The Hall–Kier alpha value is -0.120. The van der Waals surface area contributed by atoms with Gasteiger partial charge in [-0.2, -0.15) is 0 Å². The van der Waals surface area contributed by atoms with Gasteiger partial charge in [0.25, 0.3) is 0 Å². The van der Waals surface area contributed by atoms with Crippen molar-refractivity contribution < 1.29 is 15.3 Å². The third kappa shape index (κ3) is 1.48. The molecule has 0 aliphatic heterocycles. The van der Waals surface area contributed by atoms with E-state index >= 15 is 0 Å². The molecule has 0 unspecified atom stereocenters. The number of rotatable bonds is 0. The lowest BCUT2D eigenvalue weighted by Gasteiger charge is -2.31. The largest absolute Gasteiger partial charge is 0.393 e.